The number of aromatic nitrogens is 3. The summed E-state index contributed by atoms with van der Waals surface area (Å²) in [5.41, 5.74) is 1.46. The standard InChI is InChI=1S/C24H31N7O4/c1-14-8-20(26-13-15(2)28-23(32)35-24(3,4)5)31-22(27-14)19(12-25)21(30-31)29-16-9-17(33-6)11-18(10-16)34-7/h8-11,15,26H,13H2,1-7H3,(H,28,32)(H,29,30)/t15-/m1/s1. The van der Waals surface area contributed by atoms with Crippen LogP contribution in [0, 0.1) is 18.3 Å². The third kappa shape index (κ3) is 6.44. The molecule has 186 valence electrons. The molecule has 3 rings (SSSR count). The van der Waals surface area contributed by atoms with Gasteiger partial charge in [-0.3, -0.25) is 0 Å². The first-order valence-corrected chi connectivity index (χ1v) is 11.1. The molecule has 2 aromatic heterocycles. The second kappa shape index (κ2) is 10.4. The lowest BCUT2D eigenvalue weighted by atomic mass is 10.2. The van der Waals surface area contributed by atoms with Gasteiger partial charge in [-0.2, -0.15) is 9.78 Å². The van der Waals surface area contributed by atoms with Gasteiger partial charge < -0.3 is 30.2 Å². The van der Waals surface area contributed by atoms with Crippen LogP contribution in [0.15, 0.2) is 24.3 Å². The minimum atomic E-state index is -0.579. The van der Waals surface area contributed by atoms with Gasteiger partial charge in [0.2, 0.25) is 0 Å². The number of methoxy groups -OCH3 is 2. The molecule has 0 radical (unpaired) electrons. The molecule has 0 saturated carbocycles. The van der Waals surface area contributed by atoms with Gasteiger partial charge in [0.05, 0.1) is 14.2 Å². The highest BCUT2D eigenvalue weighted by atomic mass is 16.6. The number of hydrogen-bond acceptors (Lipinski definition) is 9. The van der Waals surface area contributed by atoms with Gasteiger partial charge in [0.15, 0.2) is 11.5 Å². The molecule has 0 bridgehead atoms. The number of anilines is 3. The molecule has 1 aromatic carbocycles. The molecule has 0 fully saturated rings. The molecule has 3 N–H and O–H groups in total. The zero-order valence-electron chi connectivity index (χ0n) is 21.0. The summed E-state index contributed by atoms with van der Waals surface area (Å²) in [6, 6.07) is 9.07. The molecule has 0 unspecified atom stereocenters. The monoisotopic (exact) mass is 481 g/mol. The Morgan fingerprint density at radius 2 is 1.83 bits per heavy atom. The third-order valence-corrected chi connectivity index (χ3v) is 4.80. The maximum Gasteiger partial charge on any atom is 0.407 e. The lowest BCUT2D eigenvalue weighted by molar-refractivity contribution is 0.0511. The molecule has 1 atom stereocenters. The Morgan fingerprint density at radius 1 is 1.17 bits per heavy atom. The van der Waals surface area contributed by atoms with Gasteiger partial charge in [-0.05, 0) is 34.6 Å². The summed E-state index contributed by atoms with van der Waals surface area (Å²) < 4.78 is 17.5. The molecule has 0 saturated heterocycles. The van der Waals surface area contributed by atoms with Crippen LogP contribution in [0.4, 0.5) is 22.1 Å². The number of carbonyl (C=O) groups is 1. The average Bonchev–Trinajstić information content (AvgIpc) is 3.12. The van der Waals surface area contributed by atoms with Gasteiger partial charge in [0.25, 0.3) is 0 Å². The van der Waals surface area contributed by atoms with E-state index in [0.29, 0.717) is 52.3 Å². The van der Waals surface area contributed by atoms with E-state index in [1.807, 2.05) is 40.7 Å². The van der Waals surface area contributed by atoms with Crippen LogP contribution in [0.5, 0.6) is 11.5 Å². The van der Waals surface area contributed by atoms with Crippen molar-refractivity contribution in [2.24, 2.45) is 0 Å². The summed E-state index contributed by atoms with van der Waals surface area (Å²) >= 11 is 0. The number of rotatable bonds is 8. The summed E-state index contributed by atoms with van der Waals surface area (Å²) in [6.07, 6.45) is -0.492. The minimum Gasteiger partial charge on any atom is -0.497 e. The number of aryl methyl sites for hydroxylation is 1. The summed E-state index contributed by atoms with van der Waals surface area (Å²) in [4.78, 5) is 16.6. The molecule has 3 aromatic rings. The van der Waals surface area contributed by atoms with Crippen LogP contribution in [0.1, 0.15) is 39.0 Å². The molecule has 0 aliphatic rings. The summed E-state index contributed by atoms with van der Waals surface area (Å²) in [7, 11) is 3.13. The van der Waals surface area contributed by atoms with Crippen molar-refractivity contribution in [1.82, 2.24) is 19.9 Å². The fourth-order valence-electron chi connectivity index (χ4n) is 3.29. The van der Waals surface area contributed by atoms with Crippen molar-refractivity contribution in [3.8, 4) is 17.6 Å². The Kier molecular flexibility index (Phi) is 7.54. The van der Waals surface area contributed by atoms with Crippen LogP contribution in [-0.4, -0.2) is 53.1 Å². The number of alkyl carbamates (subject to hydrolysis) is 1. The fourth-order valence-corrected chi connectivity index (χ4v) is 3.29. The van der Waals surface area contributed by atoms with Gasteiger partial charge in [0, 0.05) is 48.2 Å². The Bertz CT molecular complexity index is 1240. The van der Waals surface area contributed by atoms with E-state index < -0.39 is 11.7 Å². The molecule has 0 aliphatic carbocycles. The van der Waals surface area contributed by atoms with E-state index >= 15 is 0 Å². The van der Waals surface area contributed by atoms with Gasteiger partial charge in [-0.25, -0.2) is 9.78 Å². The molecular formula is C24H31N7O4. The summed E-state index contributed by atoms with van der Waals surface area (Å²) in [6.45, 7) is 9.52. The van der Waals surface area contributed by atoms with E-state index in [-0.39, 0.29) is 6.04 Å². The normalized spacial score (nSPS) is 11.9. The van der Waals surface area contributed by atoms with Crippen LogP contribution >= 0.6 is 0 Å². The predicted molar refractivity (Wildman–Crippen MR) is 133 cm³/mol. The Labute approximate surface area is 204 Å². The molecule has 11 heteroatoms. The highest BCUT2D eigenvalue weighted by molar-refractivity contribution is 5.74. The summed E-state index contributed by atoms with van der Waals surface area (Å²) in [5, 5.41) is 23.7. The highest BCUT2D eigenvalue weighted by Crippen LogP contribution is 2.30. The van der Waals surface area contributed by atoms with Gasteiger partial charge in [-0.15, -0.1) is 5.10 Å². The van der Waals surface area contributed by atoms with Crippen LogP contribution < -0.4 is 25.4 Å². The average molecular weight is 482 g/mol. The number of amides is 1. The molecule has 35 heavy (non-hydrogen) atoms. The SMILES string of the molecule is COc1cc(Nc2nn3c(NC[C@@H](C)NC(=O)OC(C)(C)C)cc(C)nc3c2C#N)cc(OC)c1. The largest absolute Gasteiger partial charge is 0.497 e. The second-order valence-electron chi connectivity index (χ2n) is 9.01. The number of nitrogens with one attached hydrogen (secondary N) is 3. The third-order valence-electron chi connectivity index (χ3n) is 4.80. The van der Waals surface area contributed by atoms with E-state index in [9.17, 15) is 10.1 Å². The predicted octanol–water partition coefficient (Wildman–Crippen LogP) is 4.00. The van der Waals surface area contributed by atoms with Crippen LogP contribution in [0.3, 0.4) is 0 Å². The molecular weight excluding hydrogens is 450 g/mol. The van der Waals surface area contributed by atoms with Crippen LogP contribution in [0.2, 0.25) is 0 Å². The quantitative estimate of drug-likeness (QED) is 0.436. The first-order chi connectivity index (χ1) is 16.5. The molecule has 1 amide bonds. The first-order valence-electron chi connectivity index (χ1n) is 11.1. The van der Waals surface area contributed by atoms with Gasteiger partial charge in [0.1, 0.15) is 34.6 Å². The van der Waals surface area contributed by atoms with Crippen molar-refractivity contribution in [2.75, 3.05) is 31.4 Å². The number of benzene rings is 1. The maximum atomic E-state index is 12.0. The van der Waals surface area contributed by atoms with E-state index in [1.54, 1.807) is 36.9 Å². The number of fused-ring (bicyclic) bond motifs is 1. The summed E-state index contributed by atoms with van der Waals surface area (Å²) in [5.74, 6) is 2.15. The lowest BCUT2D eigenvalue weighted by Gasteiger charge is -2.22. The van der Waals surface area contributed by atoms with Crippen molar-refractivity contribution >= 4 is 29.1 Å². The fraction of sp³-hybridized carbons (Fsp3) is 0.417. The topological polar surface area (TPSA) is 135 Å². The molecule has 0 aliphatic heterocycles. The Balaban J connectivity index is 1.86. The number of carbonyl (C=O) groups excluding carboxylic acids is 1. The zero-order chi connectivity index (χ0) is 25.8. The van der Waals surface area contributed by atoms with Crippen molar-refractivity contribution in [2.45, 2.75) is 46.3 Å². The van der Waals surface area contributed by atoms with Crippen molar-refractivity contribution in [3.63, 3.8) is 0 Å². The van der Waals surface area contributed by atoms with Crippen LogP contribution in [-0.2, 0) is 4.74 Å². The maximum absolute atomic E-state index is 12.0. The van der Waals surface area contributed by atoms with E-state index in [0.717, 1.165) is 0 Å². The zero-order valence-corrected chi connectivity index (χ0v) is 21.0. The lowest BCUT2D eigenvalue weighted by Crippen LogP contribution is -2.41. The van der Waals surface area contributed by atoms with Gasteiger partial charge >= 0.3 is 6.09 Å². The molecule has 0 spiro atoms. The minimum absolute atomic E-state index is 0.235. The number of nitrogens with zero attached hydrogens (tertiary/aromatic N) is 4. The van der Waals surface area contributed by atoms with Crippen molar-refractivity contribution in [3.05, 3.63) is 35.5 Å². The Hall–Kier alpha value is -4.20. The van der Waals surface area contributed by atoms with Gasteiger partial charge in [-0.1, -0.05) is 0 Å². The van der Waals surface area contributed by atoms with E-state index in [1.165, 1.54) is 0 Å². The molecule has 11 nitrogen and oxygen atoms in total. The van der Waals surface area contributed by atoms with Crippen molar-refractivity contribution < 1.29 is 19.0 Å². The van der Waals surface area contributed by atoms with E-state index in [4.69, 9.17) is 14.2 Å². The van der Waals surface area contributed by atoms with Crippen molar-refractivity contribution in [1.29, 1.82) is 5.26 Å². The second-order valence-corrected chi connectivity index (χ2v) is 9.01. The molecule has 2 heterocycles. The number of ether oxygens (including phenoxy) is 3. The Morgan fingerprint density at radius 3 is 2.40 bits per heavy atom. The van der Waals surface area contributed by atoms with Crippen LogP contribution in [0.25, 0.3) is 5.65 Å². The number of nitriles is 1. The van der Waals surface area contributed by atoms with E-state index in [2.05, 4.69) is 32.1 Å². The first kappa shape index (κ1) is 25.4. The smallest absolute Gasteiger partial charge is 0.407 e. The number of hydrogen-bond donors (Lipinski definition) is 3. The highest BCUT2D eigenvalue weighted by Gasteiger charge is 2.20.